The van der Waals surface area contributed by atoms with Crippen molar-refractivity contribution in [3.05, 3.63) is 82.7 Å². The molecule has 0 radical (unpaired) electrons. The summed E-state index contributed by atoms with van der Waals surface area (Å²) in [6, 6.07) is 14.0. The molecule has 2 aromatic carbocycles. The monoisotopic (exact) mass is 428 g/mol. The largest absolute Gasteiger partial charge is 0.457 e. The normalized spacial score (nSPS) is 10.8. The topological polar surface area (TPSA) is 141 Å². The number of para-hydroxylation sites is 1. The van der Waals surface area contributed by atoms with Gasteiger partial charge in [0.2, 0.25) is 0 Å². The summed E-state index contributed by atoms with van der Waals surface area (Å²) in [5.74, 6) is 0.398. The molecule has 0 aliphatic heterocycles. The fraction of sp³-hybridized carbons (Fsp3) is 0.0526. The number of benzene rings is 2. The summed E-state index contributed by atoms with van der Waals surface area (Å²) in [5.41, 5.74) is -0.139. The molecule has 10 nitrogen and oxygen atoms in total. The Balaban J connectivity index is 1.77. The number of rotatable bonds is 7. The van der Waals surface area contributed by atoms with Crippen molar-refractivity contribution in [3.8, 4) is 11.5 Å². The first-order chi connectivity index (χ1) is 14.3. The number of ether oxygens (including phenoxy) is 1. The molecular weight excluding hydrogens is 412 g/mol. The number of hydrogen-bond acceptors (Lipinski definition) is 7. The fourth-order valence-corrected chi connectivity index (χ4v) is 3.73. The van der Waals surface area contributed by atoms with Crippen LogP contribution in [-0.4, -0.2) is 31.3 Å². The Labute approximate surface area is 171 Å². The van der Waals surface area contributed by atoms with E-state index in [1.165, 1.54) is 55.7 Å². The van der Waals surface area contributed by atoms with Gasteiger partial charge < -0.3 is 10.1 Å². The van der Waals surface area contributed by atoms with Crippen LogP contribution >= 0.6 is 0 Å². The highest BCUT2D eigenvalue weighted by molar-refractivity contribution is 7.92. The molecule has 0 spiro atoms. The number of nitrogens with one attached hydrogen (secondary N) is 2. The molecule has 1 amide bonds. The van der Waals surface area contributed by atoms with E-state index in [4.69, 9.17) is 4.74 Å². The van der Waals surface area contributed by atoms with Crippen LogP contribution in [0.15, 0.2) is 71.8 Å². The number of pyridine rings is 1. The Morgan fingerprint density at radius 3 is 2.43 bits per heavy atom. The molecule has 0 fully saturated rings. The van der Waals surface area contributed by atoms with E-state index < -0.39 is 25.5 Å². The highest BCUT2D eigenvalue weighted by Gasteiger charge is 2.25. The third kappa shape index (κ3) is 4.70. The maximum absolute atomic E-state index is 12.5. The van der Waals surface area contributed by atoms with E-state index in [0.717, 1.165) is 12.1 Å². The SMILES string of the molecule is CNC(=O)c1cc(Oc2ccc(NS(=O)(=O)c3ccccc3[N+](=O)[O-])cc2)ccn1. The number of nitro groups is 1. The van der Waals surface area contributed by atoms with Gasteiger partial charge in [-0.25, -0.2) is 8.42 Å². The Morgan fingerprint density at radius 1 is 1.07 bits per heavy atom. The summed E-state index contributed by atoms with van der Waals surface area (Å²) >= 11 is 0. The highest BCUT2D eigenvalue weighted by atomic mass is 32.2. The summed E-state index contributed by atoms with van der Waals surface area (Å²) in [4.78, 5) is 25.5. The Morgan fingerprint density at radius 2 is 1.77 bits per heavy atom. The van der Waals surface area contributed by atoms with Crippen molar-refractivity contribution in [2.24, 2.45) is 0 Å². The molecule has 0 atom stereocenters. The molecule has 0 saturated heterocycles. The van der Waals surface area contributed by atoms with Crippen LogP contribution in [0.3, 0.4) is 0 Å². The van der Waals surface area contributed by atoms with Gasteiger partial charge in [-0.15, -0.1) is 0 Å². The molecule has 154 valence electrons. The van der Waals surface area contributed by atoms with Crippen LogP contribution in [0.5, 0.6) is 11.5 Å². The van der Waals surface area contributed by atoms with Gasteiger partial charge in [0, 0.05) is 31.1 Å². The van der Waals surface area contributed by atoms with Crippen molar-refractivity contribution >= 4 is 27.3 Å². The van der Waals surface area contributed by atoms with Crippen LogP contribution in [0.25, 0.3) is 0 Å². The van der Waals surface area contributed by atoms with Crippen LogP contribution in [0.4, 0.5) is 11.4 Å². The van der Waals surface area contributed by atoms with Crippen molar-refractivity contribution in [3.63, 3.8) is 0 Å². The first kappa shape index (κ1) is 20.7. The number of sulfonamides is 1. The van der Waals surface area contributed by atoms with E-state index in [1.807, 2.05) is 0 Å². The summed E-state index contributed by atoms with van der Waals surface area (Å²) in [6.07, 6.45) is 1.43. The summed E-state index contributed by atoms with van der Waals surface area (Å²) in [5, 5.41) is 13.6. The molecule has 0 aliphatic rings. The molecular formula is C19H16N4O6S. The van der Waals surface area contributed by atoms with Crippen molar-refractivity contribution in [2.45, 2.75) is 4.90 Å². The Hall–Kier alpha value is -3.99. The van der Waals surface area contributed by atoms with E-state index >= 15 is 0 Å². The van der Waals surface area contributed by atoms with Gasteiger partial charge in [-0.2, -0.15) is 0 Å². The first-order valence-corrected chi connectivity index (χ1v) is 10.0. The smallest absolute Gasteiger partial charge is 0.289 e. The predicted octanol–water partition coefficient (Wildman–Crippen LogP) is 2.94. The summed E-state index contributed by atoms with van der Waals surface area (Å²) in [6.45, 7) is 0. The fourth-order valence-electron chi connectivity index (χ4n) is 2.50. The number of nitro benzene ring substituents is 1. The van der Waals surface area contributed by atoms with Gasteiger partial charge >= 0.3 is 0 Å². The van der Waals surface area contributed by atoms with Crippen LogP contribution < -0.4 is 14.8 Å². The zero-order chi connectivity index (χ0) is 21.7. The van der Waals surface area contributed by atoms with Crippen molar-refractivity contribution in [2.75, 3.05) is 11.8 Å². The van der Waals surface area contributed by atoms with Crippen molar-refractivity contribution in [1.29, 1.82) is 0 Å². The third-order valence-electron chi connectivity index (χ3n) is 3.88. The van der Waals surface area contributed by atoms with Crippen LogP contribution in [0.1, 0.15) is 10.5 Å². The average molecular weight is 428 g/mol. The van der Waals surface area contributed by atoms with Crippen molar-refractivity contribution in [1.82, 2.24) is 10.3 Å². The van der Waals surface area contributed by atoms with Gasteiger partial charge in [0.05, 0.1) is 4.92 Å². The second-order valence-corrected chi connectivity index (χ2v) is 7.56. The van der Waals surface area contributed by atoms with Crippen LogP contribution in [0, 0.1) is 10.1 Å². The maximum Gasteiger partial charge on any atom is 0.289 e. The Bertz CT molecular complexity index is 1200. The van der Waals surface area contributed by atoms with E-state index in [2.05, 4.69) is 15.0 Å². The molecule has 11 heteroatoms. The lowest BCUT2D eigenvalue weighted by Gasteiger charge is -2.10. The zero-order valence-corrected chi connectivity index (χ0v) is 16.4. The molecule has 3 rings (SSSR count). The van der Waals surface area contributed by atoms with Gasteiger partial charge in [-0.05, 0) is 36.4 Å². The lowest BCUT2D eigenvalue weighted by atomic mass is 10.3. The number of aromatic nitrogens is 1. The van der Waals surface area contributed by atoms with Crippen LogP contribution in [-0.2, 0) is 10.0 Å². The summed E-state index contributed by atoms with van der Waals surface area (Å²) < 4.78 is 33.0. The number of carbonyl (C=O) groups excluding carboxylic acids is 1. The molecule has 2 N–H and O–H groups in total. The minimum Gasteiger partial charge on any atom is -0.457 e. The highest BCUT2D eigenvalue weighted by Crippen LogP contribution is 2.27. The second kappa shape index (κ2) is 8.57. The van der Waals surface area contributed by atoms with E-state index in [0.29, 0.717) is 11.5 Å². The van der Waals surface area contributed by atoms with E-state index in [1.54, 1.807) is 6.07 Å². The molecule has 30 heavy (non-hydrogen) atoms. The number of amides is 1. The lowest BCUT2D eigenvalue weighted by molar-refractivity contribution is -0.387. The van der Waals surface area contributed by atoms with Gasteiger partial charge in [0.1, 0.15) is 17.2 Å². The first-order valence-electron chi connectivity index (χ1n) is 8.52. The number of nitrogens with zero attached hydrogens (tertiary/aromatic N) is 2. The molecule has 0 unspecified atom stereocenters. The molecule has 1 aromatic heterocycles. The number of hydrogen-bond donors (Lipinski definition) is 2. The van der Waals surface area contributed by atoms with Crippen molar-refractivity contribution < 1.29 is 22.9 Å². The molecule has 0 bridgehead atoms. The third-order valence-corrected chi connectivity index (χ3v) is 5.31. The Kier molecular flexibility index (Phi) is 5.93. The summed E-state index contributed by atoms with van der Waals surface area (Å²) in [7, 11) is -2.68. The second-order valence-electron chi connectivity index (χ2n) is 5.91. The van der Waals surface area contributed by atoms with E-state index in [-0.39, 0.29) is 17.3 Å². The van der Waals surface area contributed by atoms with E-state index in [9.17, 15) is 23.3 Å². The molecule has 0 saturated carbocycles. The molecule has 3 aromatic rings. The maximum atomic E-state index is 12.5. The zero-order valence-electron chi connectivity index (χ0n) is 15.6. The predicted molar refractivity (Wildman–Crippen MR) is 108 cm³/mol. The molecule has 1 heterocycles. The quantitative estimate of drug-likeness (QED) is 0.435. The minimum atomic E-state index is -4.16. The van der Waals surface area contributed by atoms with Gasteiger partial charge in [0.15, 0.2) is 4.90 Å². The average Bonchev–Trinajstić information content (AvgIpc) is 2.74. The van der Waals surface area contributed by atoms with Gasteiger partial charge in [-0.1, -0.05) is 12.1 Å². The van der Waals surface area contributed by atoms with Crippen LogP contribution in [0.2, 0.25) is 0 Å². The molecule has 0 aliphatic carbocycles. The van der Waals surface area contributed by atoms with Gasteiger partial charge in [-0.3, -0.25) is 24.6 Å². The number of anilines is 1. The van der Waals surface area contributed by atoms with Gasteiger partial charge in [0.25, 0.3) is 21.6 Å². The number of carbonyl (C=O) groups is 1. The standard InChI is InChI=1S/C19H16N4O6S/c1-20-19(24)16-12-15(10-11-21-16)29-14-8-6-13(7-9-14)22-30(27,28)18-5-3-2-4-17(18)23(25)26/h2-12,22H,1H3,(H,20,24). The lowest BCUT2D eigenvalue weighted by Crippen LogP contribution is -2.18. The minimum absolute atomic E-state index is 0.184.